The van der Waals surface area contributed by atoms with Crippen LogP contribution in [0.25, 0.3) is 0 Å². The second-order valence-electron chi connectivity index (χ2n) is 4.13. The van der Waals surface area contributed by atoms with Crippen molar-refractivity contribution in [3.63, 3.8) is 0 Å². The van der Waals surface area contributed by atoms with Gasteiger partial charge in [0, 0.05) is 12.5 Å². The molecule has 0 amide bonds. The van der Waals surface area contributed by atoms with Crippen LogP contribution in [0.4, 0.5) is 5.82 Å². The molecule has 20 heavy (non-hydrogen) atoms. The molecule has 0 aliphatic heterocycles. The van der Waals surface area contributed by atoms with E-state index in [1.807, 2.05) is 14.0 Å². The van der Waals surface area contributed by atoms with Crippen LogP contribution in [0.3, 0.4) is 0 Å². The molecule has 0 spiro atoms. The number of likely N-dealkylation sites (N-methyl/N-ethyl adjacent to an activating group) is 1. The fraction of sp³-hybridized carbons (Fsp3) is 0.500. The summed E-state index contributed by atoms with van der Waals surface area (Å²) >= 11 is 0. The molecule has 2 rings (SSSR count). The fourth-order valence-corrected chi connectivity index (χ4v) is 1.49. The number of hydrogen-bond acceptors (Lipinski definition) is 7. The summed E-state index contributed by atoms with van der Waals surface area (Å²) in [6.45, 7) is 2.22. The Morgan fingerprint density at radius 2 is 2.35 bits per heavy atom. The quantitative estimate of drug-likeness (QED) is 0.620. The lowest BCUT2D eigenvalue weighted by Gasteiger charge is -2.04. The Bertz CT molecular complexity index is 569. The summed E-state index contributed by atoms with van der Waals surface area (Å²) in [5.41, 5.74) is 0. The standard InChI is InChI=1S/C10H14N6O3.ClH/c1-7(11-2)5-8-12-10(19-14-8)6-15-4-3-9(13-15)16(17)18;/h3-4,7,11H,5-6H2,1-2H3;1H. The summed E-state index contributed by atoms with van der Waals surface area (Å²) in [6, 6.07) is 1.57. The Morgan fingerprint density at radius 1 is 1.60 bits per heavy atom. The van der Waals surface area contributed by atoms with Gasteiger partial charge in [-0.2, -0.15) is 9.67 Å². The zero-order chi connectivity index (χ0) is 13.8. The van der Waals surface area contributed by atoms with Crippen LogP contribution in [0.5, 0.6) is 0 Å². The van der Waals surface area contributed by atoms with E-state index in [-0.39, 0.29) is 30.8 Å². The number of aromatic nitrogens is 4. The molecule has 1 atom stereocenters. The third-order valence-corrected chi connectivity index (χ3v) is 2.60. The fourth-order valence-electron chi connectivity index (χ4n) is 1.49. The molecular formula is C10H15ClN6O3. The first kappa shape index (κ1) is 16.1. The van der Waals surface area contributed by atoms with Gasteiger partial charge in [0.2, 0.25) is 5.89 Å². The lowest BCUT2D eigenvalue weighted by Crippen LogP contribution is -2.24. The smallest absolute Gasteiger partial charge is 0.358 e. The van der Waals surface area contributed by atoms with Crippen molar-refractivity contribution in [3.05, 3.63) is 34.1 Å². The van der Waals surface area contributed by atoms with Crippen LogP contribution in [0.15, 0.2) is 16.8 Å². The summed E-state index contributed by atoms with van der Waals surface area (Å²) in [7, 11) is 1.86. The maximum absolute atomic E-state index is 10.5. The first-order chi connectivity index (χ1) is 9.08. The lowest BCUT2D eigenvalue weighted by atomic mass is 10.2. The molecule has 110 valence electrons. The van der Waals surface area contributed by atoms with Crippen molar-refractivity contribution in [2.75, 3.05) is 7.05 Å². The maximum Gasteiger partial charge on any atom is 0.389 e. The highest BCUT2D eigenvalue weighted by molar-refractivity contribution is 5.85. The van der Waals surface area contributed by atoms with Gasteiger partial charge in [-0.05, 0) is 18.9 Å². The Kier molecular flexibility index (Phi) is 5.59. The number of rotatable bonds is 6. The van der Waals surface area contributed by atoms with Crippen molar-refractivity contribution in [3.8, 4) is 0 Å². The minimum atomic E-state index is -0.551. The van der Waals surface area contributed by atoms with E-state index in [2.05, 4.69) is 20.6 Å². The van der Waals surface area contributed by atoms with Gasteiger partial charge in [0.15, 0.2) is 5.82 Å². The molecule has 0 saturated heterocycles. The number of nitrogens with zero attached hydrogens (tertiary/aromatic N) is 5. The largest absolute Gasteiger partial charge is 0.389 e. The van der Waals surface area contributed by atoms with Crippen molar-refractivity contribution >= 4 is 18.2 Å². The first-order valence-electron chi connectivity index (χ1n) is 5.75. The zero-order valence-corrected chi connectivity index (χ0v) is 11.8. The molecule has 0 saturated carbocycles. The number of nitrogens with one attached hydrogen (secondary N) is 1. The molecule has 0 fully saturated rings. The summed E-state index contributed by atoms with van der Waals surface area (Å²) < 4.78 is 6.45. The van der Waals surface area contributed by atoms with Crippen LogP contribution in [-0.2, 0) is 13.0 Å². The summed E-state index contributed by atoms with van der Waals surface area (Å²) in [6.07, 6.45) is 2.15. The molecule has 2 aromatic heterocycles. The van der Waals surface area contributed by atoms with Gasteiger partial charge in [-0.25, -0.2) is 0 Å². The van der Waals surface area contributed by atoms with E-state index >= 15 is 0 Å². The van der Waals surface area contributed by atoms with Crippen molar-refractivity contribution in [2.24, 2.45) is 0 Å². The Balaban J connectivity index is 0.00000200. The van der Waals surface area contributed by atoms with Crippen molar-refractivity contribution < 1.29 is 9.45 Å². The van der Waals surface area contributed by atoms with Crippen LogP contribution in [0, 0.1) is 10.1 Å². The van der Waals surface area contributed by atoms with Gasteiger partial charge in [-0.15, -0.1) is 12.4 Å². The van der Waals surface area contributed by atoms with Crippen LogP contribution in [-0.4, -0.2) is 37.9 Å². The number of hydrogen-bond donors (Lipinski definition) is 1. The van der Waals surface area contributed by atoms with Crippen LogP contribution >= 0.6 is 12.4 Å². The first-order valence-corrected chi connectivity index (χ1v) is 5.75. The molecule has 2 aromatic rings. The molecule has 0 radical (unpaired) electrons. The second-order valence-corrected chi connectivity index (χ2v) is 4.13. The van der Waals surface area contributed by atoms with Crippen LogP contribution < -0.4 is 5.32 Å². The van der Waals surface area contributed by atoms with Crippen molar-refractivity contribution in [1.29, 1.82) is 0 Å². The molecule has 0 aliphatic carbocycles. The van der Waals surface area contributed by atoms with E-state index in [1.54, 1.807) is 0 Å². The molecular weight excluding hydrogens is 288 g/mol. The van der Waals surface area contributed by atoms with Gasteiger partial charge in [0.25, 0.3) is 0 Å². The van der Waals surface area contributed by atoms with Gasteiger partial charge in [0.05, 0.1) is 17.4 Å². The highest BCUT2D eigenvalue weighted by Crippen LogP contribution is 2.08. The molecule has 0 bridgehead atoms. The van der Waals surface area contributed by atoms with Crippen LogP contribution in [0.2, 0.25) is 0 Å². The lowest BCUT2D eigenvalue weighted by molar-refractivity contribution is -0.389. The van der Waals surface area contributed by atoms with E-state index in [0.717, 1.165) is 0 Å². The maximum atomic E-state index is 10.5. The second kappa shape index (κ2) is 6.96. The number of nitro groups is 1. The molecule has 9 nitrogen and oxygen atoms in total. The summed E-state index contributed by atoms with van der Waals surface area (Å²) in [5.74, 6) is 0.762. The zero-order valence-electron chi connectivity index (χ0n) is 11.0. The monoisotopic (exact) mass is 302 g/mol. The SMILES string of the molecule is CNC(C)Cc1noc(Cn2ccc([N+](=O)[O-])n2)n1.Cl. The van der Waals surface area contributed by atoms with E-state index < -0.39 is 4.92 Å². The third-order valence-electron chi connectivity index (χ3n) is 2.60. The van der Waals surface area contributed by atoms with E-state index in [4.69, 9.17) is 4.52 Å². The topological polar surface area (TPSA) is 112 Å². The molecule has 1 unspecified atom stereocenters. The summed E-state index contributed by atoms with van der Waals surface area (Å²) in [5, 5.41) is 21.2. The molecule has 1 N–H and O–H groups in total. The molecule has 0 aromatic carbocycles. The van der Waals surface area contributed by atoms with Gasteiger partial charge in [-0.1, -0.05) is 5.16 Å². The normalized spacial score (nSPS) is 11.9. The Morgan fingerprint density at radius 3 is 2.95 bits per heavy atom. The van der Waals surface area contributed by atoms with Crippen LogP contribution in [0.1, 0.15) is 18.6 Å². The van der Waals surface area contributed by atoms with E-state index in [0.29, 0.717) is 18.1 Å². The molecule has 10 heteroatoms. The van der Waals surface area contributed by atoms with Gasteiger partial charge < -0.3 is 20.0 Å². The third kappa shape index (κ3) is 4.00. The molecule has 0 aliphatic rings. The highest BCUT2D eigenvalue weighted by atomic mass is 35.5. The minimum Gasteiger partial charge on any atom is -0.358 e. The number of halogens is 1. The van der Waals surface area contributed by atoms with Gasteiger partial charge >= 0.3 is 5.82 Å². The summed E-state index contributed by atoms with van der Waals surface area (Å²) in [4.78, 5) is 14.1. The predicted octanol–water partition coefficient (Wildman–Crippen LogP) is 0.795. The van der Waals surface area contributed by atoms with E-state index in [1.165, 1.54) is 16.9 Å². The van der Waals surface area contributed by atoms with Crippen molar-refractivity contribution in [2.45, 2.75) is 25.9 Å². The van der Waals surface area contributed by atoms with Gasteiger partial charge in [0.1, 0.15) is 6.54 Å². The average molecular weight is 303 g/mol. The van der Waals surface area contributed by atoms with Crippen molar-refractivity contribution in [1.82, 2.24) is 25.2 Å². The minimum absolute atomic E-state index is 0. The predicted molar refractivity (Wildman–Crippen MR) is 71.8 cm³/mol. The highest BCUT2D eigenvalue weighted by Gasteiger charge is 2.14. The van der Waals surface area contributed by atoms with Gasteiger partial charge in [-0.3, -0.25) is 0 Å². The van der Waals surface area contributed by atoms with E-state index in [9.17, 15) is 10.1 Å². The Hall–Kier alpha value is -2.00. The Labute approximate surface area is 120 Å². The average Bonchev–Trinajstić information content (AvgIpc) is 2.99. The molecule has 2 heterocycles.